The lowest BCUT2D eigenvalue weighted by molar-refractivity contribution is -0.123. The molecule has 96 valence electrons. The van der Waals surface area contributed by atoms with Crippen LogP contribution in [0.15, 0.2) is 0 Å². The summed E-state index contributed by atoms with van der Waals surface area (Å²) in [7, 11) is 2.22. The number of hydrogen-bond acceptors (Lipinski definition) is 3. The third kappa shape index (κ3) is 2.41. The number of carbonyl (C=O) groups excluding carboxylic acids is 1. The number of ketones is 1. The molecule has 0 N–H and O–H groups in total. The Hall–Kier alpha value is -0.410. The minimum atomic E-state index is 0.511. The number of carbonyl (C=O) groups is 1. The Morgan fingerprint density at radius 2 is 1.65 bits per heavy atom. The second-order valence-corrected chi connectivity index (χ2v) is 6.28. The third-order valence-electron chi connectivity index (χ3n) is 5.00. The molecule has 3 aliphatic rings. The predicted molar refractivity (Wildman–Crippen MR) is 68.0 cm³/mol. The van der Waals surface area contributed by atoms with Crippen molar-refractivity contribution in [3.8, 4) is 0 Å². The molecule has 0 aliphatic carbocycles. The third-order valence-corrected chi connectivity index (χ3v) is 5.00. The topological polar surface area (TPSA) is 23.6 Å². The van der Waals surface area contributed by atoms with E-state index in [1.54, 1.807) is 0 Å². The minimum Gasteiger partial charge on any atom is -0.306 e. The van der Waals surface area contributed by atoms with Crippen molar-refractivity contribution >= 4 is 5.78 Å². The zero-order chi connectivity index (χ0) is 11.8. The van der Waals surface area contributed by atoms with Crippen LogP contribution in [-0.2, 0) is 4.79 Å². The van der Waals surface area contributed by atoms with E-state index in [0.29, 0.717) is 17.9 Å². The van der Waals surface area contributed by atoms with Crippen molar-refractivity contribution < 1.29 is 4.79 Å². The molecule has 0 spiro atoms. The highest BCUT2D eigenvalue weighted by Gasteiger charge is 2.40. The number of nitrogens with zero attached hydrogens (tertiary/aromatic N) is 2. The molecule has 3 aliphatic heterocycles. The molecule has 0 aromatic rings. The van der Waals surface area contributed by atoms with Gasteiger partial charge < -0.3 is 4.90 Å². The number of hydrogen-bond donors (Lipinski definition) is 0. The first-order chi connectivity index (χ1) is 8.22. The number of likely N-dealkylation sites (tertiary alicyclic amines) is 1. The van der Waals surface area contributed by atoms with Crippen molar-refractivity contribution in [2.75, 3.05) is 26.7 Å². The monoisotopic (exact) mass is 236 g/mol. The molecule has 0 amide bonds. The molecule has 2 unspecified atom stereocenters. The Labute approximate surface area is 104 Å². The van der Waals surface area contributed by atoms with E-state index in [-0.39, 0.29) is 0 Å². The molecule has 0 aromatic heterocycles. The van der Waals surface area contributed by atoms with Crippen LogP contribution >= 0.6 is 0 Å². The van der Waals surface area contributed by atoms with Crippen molar-refractivity contribution in [3.63, 3.8) is 0 Å². The highest BCUT2D eigenvalue weighted by atomic mass is 16.1. The smallest absolute Gasteiger partial charge is 0.136 e. The quantitative estimate of drug-likeness (QED) is 0.726. The lowest BCUT2D eigenvalue weighted by atomic mass is 9.93. The maximum atomic E-state index is 11.6. The van der Waals surface area contributed by atoms with Crippen LogP contribution < -0.4 is 0 Å². The lowest BCUT2D eigenvalue weighted by Crippen LogP contribution is -2.46. The van der Waals surface area contributed by atoms with Gasteiger partial charge in [0, 0.05) is 31.5 Å². The molecule has 0 aromatic carbocycles. The van der Waals surface area contributed by atoms with Gasteiger partial charge >= 0.3 is 0 Å². The number of fused-ring (bicyclic) bond motifs is 2. The summed E-state index contributed by atoms with van der Waals surface area (Å²) in [5.74, 6) is 1.39. The van der Waals surface area contributed by atoms with E-state index < -0.39 is 0 Å². The van der Waals surface area contributed by atoms with Crippen LogP contribution in [0.25, 0.3) is 0 Å². The summed E-state index contributed by atoms with van der Waals surface area (Å²) in [5, 5.41) is 0. The first-order valence-corrected chi connectivity index (χ1v) is 7.18. The van der Waals surface area contributed by atoms with Crippen molar-refractivity contribution in [2.45, 2.75) is 50.6 Å². The zero-order valence-corrected chi connectivity index (χ0v) is 10.9. The van der Waals surface area contributed by atoms with E-state index >= 15 is 0 Å². The van der Waals surface area contributed by atoms with Gasteiger partial charge in [0.25, 0.3) is 0 Å². The Bertz CT molecular complexity index is 281. The summed E-state index contributed by atoms with van der Waals surface area (Å²) >= 11 is 0. The highest BCUT2D eigenvalue weighted by molar-refractivity contribution is 5.80. The Balaban J connectivity index is 1.57. The molecular formula is C14H24N2O. The van der Waals surface area contributed by atoms with E-state index in [2.05, 4.69) is 16.8 Å². The van der Waals surface area contributed by atoms with Gasteiger partial charge in [-0.25, -0.2) is 0 Å². The first kappa shape index (κ1) is 11.7. The van der Waals surface area contributed by atoms with Gasteiger partial charge in [-0.05, 0) is 51.7 Å². The van der Waals surface area contributed by atoms with Crippen LogP contribution in [0.4, 0.5) is 0 Å². The summed E-state index contributed by atoms with van der Waals surface area (Å²) in [6, 6.07) is 1.20. The number of rotatable bonds is 2. The molecule has 3 fully saturated rings. The van der Waals surface area contributed by atoms with Crippen LogP contribution in [-0.4, -0.2) is 54.3 Å². The van der Waals surface area contributed by atoms with Gasteiger partial charge in [-0.15, -0.1) is 0 Å². The second-order valence-electron chi connectivity index (χ2n) is 6.28. The first-order valence-electron chi connectivity index (χ1n) is 7.18. The van der Waals surface area contributed by atoms with Crippen molar-refractivity contribution in [1.29, 1.82) is 0 Å². The molecular weight excluding hydrogens is 212 g/mol. The van der Waals surface area contributed by atoms with E-state index in [1.807, 2.05) is 0 Å². The summed E-state index contributed by atoms with van der Waals surface area (Å²) < 4.78 is 0. The van der Waals surface area contributed by atoms with Gasteiger partial charge in [0.05, 0.1) is 0 Å². The molecule has 0 saturated carbocycles. The normalized spacial score (nSPS) is 36.6. The van der Waals surface area contributed by atoms with Crippen LogP contribution in [0.3, 0.4) is 0 Å². The zero-order valence-electron chi connectivity index (χ0n) is 10.9. The van der Waals surface area contributed by atoms with Gasteiger partial charge in [-0.3, -0.25) is 9.69 Å². The maximum Gasteiger partial charge on any atom is 0.136 e. The van der Waals surface area contributed by atoms with Crippen LogP contribution in [0.2, 0.25) is 0 Å². The fourth-order valence-electron chi connectivity index (χ4n) is 3.90. The molecule has 2 bridgehead atoms. The largest absolute Gasteiger partial charge is 0.306 e. The molecule has 3 nitrogen and oxygen atoms in total. The summed E-state index contributed by atoms with van der Waals surface area (Å²) in [6.45, 7) is 3.77. The minimum absolute atomic E-state index is 0.511. The van der Waals surface area contributed by atoms with Gasteiger partial charge in [-0.2, -0.15) is 0 Å². The summed E-state index contributed by atoms with van der Waals surface area (Å²) in [4.78, 5) is 16.7. The van der Waals surface area contributed by atoms with E-state index in [9.17, 15) is 4.79 Å². The fourth-order valence-corrected chi connectivity index (χ4v) is 3.90. The SMILES string of the molecule is CN1CCC(CN2C3CCC2CC(=O)C3)CC1. The standard InChI is InChI=1S/C14H24N2O/c1-15-6-4-11(5-7-15)10-16-12-2-3-13(16)9-14(17)8-12/h11-13H,2-10H2,1H3. The van der Waals surface area contributed by atoms with E-state index in [1.165, 1.54) is 45.3 Å². The Kier molecular flexibility index (Phi) is 3.22. The molecule has 3 rings (SSSR count). The Morgan fingerprint density at radius 1 is 1.06 bits per heavy atom. The number of piperidine rings is 2. The highest BCUT2D eigenvalue weighted by Crippen LogP contribution is 2.35. The van der Waals surface area contributed by atoms with Crippen molar-refractivity contribution in [2.24, 2.45) is 5.92 Å². The Morgan fingerprint density at radius 3 is 2.24 bits per heavy atom. The van der Waals surface area contributed by atoms with Gasteiger partial charge in [0.1, 0.15) is 5.78 Å². The van der Waals surface area contributed by atoms with Gasteiger partial charge in [0.2, 0.25) is 0 Å². The molecule has 17 heavy (non-hydrogen) atoms. The fraction of sp³-hybridized carbons (Fsp3) is 0.929. The van der Waals surface area contributed by atoms with E-state index in [0.717, 1.165) is 18.8 Å². The summed E-state index contributed by atoms with van der Waals surface area (Å²) in [5.41, 5.74) is 0. The number of Topliss-reactive ketones (excluding diaryl/α,β-unsaturated/α-hetero) is 1. The predicted octanol–water partition coefficient (Wildman–Crippen LogP) is 1.52. The van der Waals surface area contributed by atoms with Gasteiger partial charge in [-0.1, -0.05) is 0 Å². The molecule has 2 atom stereocenters. The molecule has 3 saturated heterocycles. The van der Waals surface area contributed by atoms with Crippen LogP contribution in [0.1, 0.15) is 38.5 Å². The molecule has 3 heterocycles. The van der Waals surface area contributed by atoms with Crippen molar-refractivity contribution in [1.82, 2.24) is 9.80 Å². The van der Waals surface area contributed by atoms with E-state index in [4.69, 9.17) is 0 Å². The summed E-state index contributed by atoms with van der Waals surface area (Å²) in [6.07, 6.45) is 6.90. The maximum absolute atomic E-state index is 11.6. The average molecular weight is 236 g/mol. The average Bonchev–Trinajstić information content (AvgIpc) is 2.56. The molecule has 3 heteroatoms. The second kappa shape index (κ2) is 4.69. The van der Waals surface area contributed by atoms with Crippen LogP contribution in [0.5, 0.6) is 0 Å². The van der Waals surface area contributed by atoms with Crippen molar-refractivity contribution in [3.05, 3.63) is 0 Å². The molecule has 0 radical (unpaired) electrons. The van der Waals surface area contributed by atoms with Crippen LogP contribution in [0, 0.1) is 5.92 Å². The lowest BCUT2D eigenvalue weighted by Gasteiger charge is -2.38. The van der Waals surface area contributed by atoms with Gasteiger partial charge in [0.15, 0.2) is 0 Å².